The fourth-order valence-corrected chi connectivity index (χ4v) is 3.95. The van der Waals surface area contributed by atoms with Crippen molar-refractivity contribution in [2.24, 2.45) is 0 Å². The standard InChI is InChI=1S/C21H25N3O3/c1-26-16-7-8-19(27-2)15(13-16)14-24-11-9-21(10-12-24)20(25)22-17-5-3-4-6-18(17)23-21/h3-8,13,23H,9-12,14H2,1-2H3,(H,22,25). The van der Waals surface area contributed by atoms with Crippen molar-refractivity contribution >= 4 is 17.3 Å². The summed E-state index contributed by atoms with van der Waals surface area (Å²) >= 11 is 0. The summed E-state index contributed by atoms with van der Waals surface area (Å²) in [6.07, 6.45) is 1.53. The molecule has 6 nitrogen and oxygen atoms in total. The summed E-state index contributed by atoms with van der Waals surface area (Å²) in [4.78, 5) is 15.1. The van der Waals surface area contributed by atoms with Gasteiger partial charge in [0, 0.05) is 25.2 Å². The summed E-state index contributed by atoms with van der Waals surface area (Å²) < 4.78 is 10.8. The van der Waals surface area contributed by atoms with Crippen LogP contribution in [0.4, 0.5) is 11.4 Å². The third-order valence-corrected chi connectivity index (χ3v) is 5.57. The SMILES string of the molecule is COc1ccc(OC)c(CN2CCC3(CC2)Nc2ccccc2NC3=O)c1. The van der Waals surface area contributed by atoms with Crippen molar-refractivity contribution in [2.75, 3.05) is 37.9 Å². The third kappa shape index (κ3) is 3.32. The highest BCUT2D eigenvalue weighted by molar-refractivity contribution is 6.06. The molecule has 142 valence electrons. The molecule has 2 aliphatic rings. The maximum absolute atomic E-state index is 12.8. The summed E-state index contributed by atoms with van der Waals surface area (Å²) in [6.45, 7) is 2.45. The van der Waals surface area contributed by atoms with Gasteiger partial charge in [-0.25, -0.2) is 0 Å². The maximum atomic E-state index is 12.8. The number of amides is 1. The monoisotopic (exact) mass is 367 g/mol. The lowest BCUT2D eigenvalue weighted by molar-refractivity contribution is -0.122. The molecule has 2 N–H and O–H groups in total. The number of rotatable bonds is 4. The molecule has 0 atom stereocenters. The number of fused-ring (bicyclic) bond motifs is 1. The van der Waals surface area contributed by atoms with Crippen molar-refractivity contribution in [3.8, 4) is 11.5 Å². The Labute approximate surface area is 159 Å². The minimum absolute atomic E-state index is 0.0693. The van der Waals surface area contributed by atoms with Crippen LogP contribution in [0.25, 0.3) is 0 Å². The predicted octanol–water partition coefficient (Wildman–Crippen LogP) is 3.10. The predicted molar refractivity (Wildman–Crippen MR) is 105 cm³/mol. The largest absolute Gasteiger partial charge is 0.497 e. The number of nitrogens with zero attached hydrogens (tertiary/aromatic N) is 1. The Morgan fingerprint density at radius 2 is 1.78 bits per heavy atom. The van der Waals surface area contributed by atoms with Gasteiger partial charge in [-0.15, -0.1) is 0 Å². The van der Waals surface area contributed by atoms with Crippen LogP contribution in [0.15, 0.2) is 42.5 Å². The molecule has 0 bridgehead atoms. The molecular formula is C21H25N3O3. The molecule has 1 fully saturated rings. The van der Waals surface area contributed by atoms with Crippen LogP contribution in [0.2, 0.25) is 0 Å². The minimum Gasteiger partial charge on any atom is -0.497 e. The number of piperidine rings is 1. The van der Waals surface area contributed by atoms with Gasteiger partial charge in [-0.3, -0.25) is 9.69 Å². The number of nitrogens with one attached hydrogen (secondary N) is 2. The van der Waals surface area contributed by atoms with Gasteiger partial charge in [-0.2, -0.15) is 0 Å². The van der Waals surface area contributed by atoms with Crippen LogP contribution in [-0.4, -0.2) is 43.7 Å². The van der Waals surface area contributed by atoms with Crippen molar-refractivity contribution in [1.29, 1.82) is 0 Å². The van der Waals surface area contributed by atoms with Gasteiger partial charge in [0.1, 0.15) is 17.0 Å². The first-order valence-electron chi connectivity index (χ1n) is 9.25. The molecule has 0 aromatic heterocycles. The minimum atomic E-state index is -0.524. The number of methoxy groups -OCH3 is 2. The number of hydrogen-bond acceptors (Lipinski definition) is 5. The molecule has 1 saturated heterocycles. The average molecular weight is 367 g/mol. The van der Waals surface area contributed by atoms with E-state index in [1.54, 1.807) is 14.2 Å². The lowest BCUT2D eigenvalue weighted by Crippen LogP contribution is -2.58. The van der Waals surface area contributed by atoms with E-state index in [0.717, 1.165) is 60.9 Å². The van der Waals surface area contributed by atoms with Crippen molar-refractivity contribution in [3.63, 3.8) is 0 Å². The first kappa shape index (κ1) is 17.7. The first-order chi connectivity index (χ1) is 13.1. The Morgan fingerprint density at radius 3 is 2.48 bits per heavy atom. The van der Waals surface area contributed by atoms with E-state index < -0.39 is 5.54 Å². The number of ether oxygens (including phenoxy) is 2. The summed E-state index contributed by atoms with van der Waals surface area (Å²) in [7, 11) is 3.35. The third-order valence-electron chi connectivity index (χ3n) is 5.57. The second-order valence-corrected chi connectivity index (χ2v) is 7.16. The van der Waals surface area contributed by atoms with Gasteiger partial charge in [-0.05, 0) is 43.2 Å². The van der Waals surface area contributed by atoms with Crippen LogP contribution in [0, 0.1) is 0 Å². The first-order valence-corrected chi connectivity index (χ1v) is 9.25. The van der Waals surface area contributed by atoms with E-state index in [1.165, 1.54) is 0 Å². The van der Waals surface area contributed by atoms with E-state index >= 15 is 0 Å². The topological polar surface area (TPSA) is 62.8 Å². The number of benzene rings is 2. The quantitative estimate of drug-likeness (QED) is 0.869. The van der Waals surface area contributed by atoms with E-state index in [1.807, 2.05) is 42.5 Å². The Morgan fingerprint density at radius 1 is 1.04 bits per heavy atom. The van der Waals surface area contributed by atoms with Crippen LogP contribution in [0.1, 0.15) is 18.4 Å². The zero-order valence-electron chi connectivity index (χ0n) is 15.7. The molecule has 0 saturated carbocycles. The highest BCUT2D eigenvalue weighted by Gasteiger charge is 2.44. The van der Waals surface area contributed by atoms with E-state index in [0.29, 0.717) is 0 Å². The van der Waals surface area contributed by atoms with E-state index in [-0.39, 0.29) is 5.91 Å². The maximum Gasteiger partial charge on any atom is 0.250 e. The second kappa shape index (κ2) is 7.12. The highest BCUT2D eigenvalue weighted by Crippen LogP contribution is 2.37. The van der Waals surface area contributed by atoms with Crippen LogP contribution in [-0.2, 0) is 11.3 Å². The van der Waals surface area contributed by atoms with Gasteiger partial charge in [0.25, 0.3) is 0 Å². The zero-order chi connectivity index (χ0) is 18.9. The summed E-state index contributed by atoms with van der Waals surface area (Å²) in [5.41, 5.74) is 2.43. The van der Waals surface area contributed by atoms with Gasteiger partial charge in [0.15, 0.2) is 0 Å². The van der Waals surface area contributed by atoms with Gasteiger partial charge in [0.05, 0.1) is 25.6 Å². The second-order valence-electron chi connectivity index (χ2n) is 7.16. The summed E-state index contributed by atoms with van der Waals surface area (Å²) in [5.74, 6) is 1.75. The van der Waals surface area contributed by atoms with E-state index in [4.69, 9.17) is 9.47 Å². The number of hydrogen-bond donors (Lipinski definition) is 2. The Balaban J connectivity index is 1.46. The highest BCUT2D eigenvalue weighted by atomic mass is 16.5. The van der Waals surface area contributed by atoms with Crippen LogP contribution in [0.3, 0.4) is 0 Å². The van der Waals surface area contributed by atoms with E-state index in [9.17, 15) is 4.79 Å². The lowest BCUT2D eigenvalue weighted by atomic mass is 9.84. The average Bonchev–Trinajstić information content (AvgIpc) is 2.70. The van der Waals surface area contributed by atoms with Gasteiger partial charge in [0.2, 0.25) is 5.91 Å². The van der Waals surface area contributed by atoms with Crippen LogP contribution in [0.5, 0.6) is 11.5 Å². The van der Waals surface area contributed by atoms with Crippen LogP contribution >= 0.6 is 0 Å². The fourth-order valence-electron chi connectivity index (χ4n) is 3.95. The molecule has 0 unspecified atom stereocenters. The van der Waals surface area contributed by atoms with Gasteiger partial charge in [-0.1, -0.05) is 12.1 Å². The van der Waals surface area contributed by atoms with Crippen molar-refractivity contribution in [3.05, 3.63) is 48.0 Å². The molecule has 4 rings (SSSR count). The smallest absolute Gasteiger partial charge is 0.250 e. The molecule has 1 amide bonds. The zero-order valence-corrected chi connectivity index (χ0v) is 15.7. The molecule has 2 aromatic rings. The Hall–Kier alpha value is -2.73. The molecule has 0 aliphatic carbocycles. The molecule has 2 heterocycles. The van der Waals surface area contributed by atoms with Crippen molar-refractivity contribution in [2.45, 2.75) is 24.9 Å². The number of carbonyl (C=O) groups excluding carboxylic acids is 1. The molecule has 0 radical (unpaired) electrons. The molecule has 6 heteroatoms. The number of likely N-dealkylation sites (tertiary alicyclic amines) is 1. The summed E-state index contributed by atoms with van der Waals surface area (Å²) in [5, 5.41) is 6.57. The number of carbonyl (C=O) groups is 1. The summed E-state index contributed by atoms with van der Waals surface area (Å²) in [6, 6.07) is 13.7. The molecule has 27 heavy (non-hydrogen) atoms. The Bertz CT molecular complexity index is 844. The van der Waals surface area contributed by atoms with Crippen molar-refractivity contribution in [1.82, 2.24) is 4.90 Å². The van der Waals surface area contributed by atoms with Gasteiger partial charge < -0.3 is 20.1 Å². The number of para-hydroxylation sites is 2. The van der Waals surface area contributed by atoms with Crippen LogP contribution < -0.4 is 20.1 Å². The molecule has 2 aliphatic heterocycles. The fraction of sp³-hybridized carbons (Fsp3) is 0.381. The van der Waals surface area contributed by atoms with E-state index in [2.05, 4.69) is 15.5 Å². The normalized spacial score (nSPS) is 18.4. The van der Waals surface area contributed by atoms with Gasteiger partial charge >= 0.3 is 0 Å². The number of anilines is 2. The molecule has 1 spiro atoms. The molecule has 2 aromatic carbocycles. The lowest BCUT2D eigenvalue weighted by Gasteiger charge is -2.44. The molecular weight excluding hydrogens is 342 g/mol. The Kier molecular flexibility index (Phi) is 4.66. The van der Waals surface area contributed by atoms with Crippen molar-refractivity contribution < 1.29 is 14.3 Å².